The fraction of sp³-hybridized carbons (Fsp3) is 0.333. The summed E-state index contributed by atoms with van der Waals surface area (Å²) in [4.78, 5) is 30.1. The minimum Gasteiger partial charge on any atom is -0.483 e. The van der Waals surface area contributed by atoms with Crippen LogP contribution in [0, 0.1) is 6.92 Å². The number of rotatable bonds is 6. The molecule has 0 atom stereocenters. The van der Waals surface area contributed by atoms with E-state index in [9.17, 15) is 9.59 Å². The van der Waals surface area contributed by atoms with Crippen molar-refractivity contribution in [1.29, 1.82) is 0 Å². The zero-order valence-electron chi connectivity index (χ0n) is 18.5. The third-order valence-electron chi connectivity index (χ3n) is 5.59. The minimum absolute atomic E-state index is 0.00761. The molecule has 172 valence electrons. The smallest absolute Gasteiger partial charge is 0.260 e. The van der Waals surface area contributed by atoms with Crippen LogP contribution in [0.5, 0.6) is 5.75 Å². The summed E-state index contributed by atoms with van der Waals surface area (Å²) < 4.78 is 11.2. The van der Waals surface area contributed by atoms with E-state index in [0.717, 1.165) is 24.0 Å². The molecule has 2 amide bonds. The van der Waals surface area contributed by atoms with Crippen LogP contribution in [0.4, 0.5) is 5.69 Å². The molecule has 8 nitrogen and oxygen atoms in total. The number of ether oxygens (including phenoxy) is 1. The summed E-state index contributed by atoms with van der Waals surface area (Å²) in [6.45, 7) is 4.57. The monoisotopic (exact) mass is 468 g/mol. The number of hydrogen-bond donors (Lipinski definition) is 1. The predicted octanol–water partition coefficient (Wildman–Crippen LogP) is 4.44. The van der Waals surface area contributed by atoms with Crippen LogP contribution in [0.3, 0.4) is 0 Å². The Morgan fingerprint density at radius 2 is 1.91 bits per heavy atom. The van der Waals surface area contributed by atoms with Gasteiger partial charge in [-0.3, -0.25) is 9.59 Å². The van der Waals surface area contributed by atoms with Crippen LogP contribution in [0.15, 0.2) is 47.0 Å². The first kappa shape index (κ1) is 22.8. The number of halogens is 1. The van der Waals surface area contributed by atoms with Crippen molar-refractivity contribution in [2.75, 3.05) is 25.0 Å². The van der Waals surface area contributed by atoms with E-state index in [4.69, 9.17) is 20.9 Å². The Labute approximate surface area is 196 Å². The first-order valence-corrected chi connectivity index (χ1v) is 11.1. The molecule has 3 aromatic rings. The first-order chi connectivity index (χ1) is 15.9. The van der Waals surface area contributed by atoms with Crippen LogP contribution in [-0.2, 0) is 9.59 Å². The minimum atomic E-state index is -0.124. The molecule has 0 spiro atoms. The summed E-state index contributed by atoms with van der Waals surface area (Å²) in [6.07, 6.45) is 1.49. The quantitative estimate of drug-likeness (QED) is 0.574. The lowest BCUT2D eigenvalue weighted by molar-refractivity contribution is -0.134. The van der Waals surface area contributed by atoms with Gasteiger partial charge >= 0.3 is 0 Å². The fourth-order valence-electron chi connectivity index (χ4n) is 3.81. The Morgan fingerprint density at radius 3 is 2.58 bits per heavy atom. The molecule has 1 aliphatic rings. The average Bonchev–Trinajstić information content (AvgIpc) is 3.29. The van der Waals surface area contributed by atoms with Crippen LogP contribution in [-0.4, -0.2) is 46.6 Å². The standard InChI is InChI=1S/C24H25ClN4O4/c1-15-13-19(25)5-8-21(15)32-14-22(31)29-11-9-18(10-12-29)24-27-23(28-33-24)17-3-6-20(7-4-17)26-16(2)30/h3-8,13,18H,9-12,14H2,1-2H3,(H,26,30). The van der Waals surface area contributed by atoms with Crippen molar-refractivity contribution in [1.82, 2.24) is 15.0 Å². The Balaban J connectivity index is 1.29. The molecule has 9 heteroatoms. The SMILES string of the molecule is CC(=O)Nc1ccc(-c2noc(C3CCN(C(=O)COc4ccc(Cl)cc4C)CC3)n2)cc1. The second-order valence-corrected chi connectivity index (χ2v) is 8.50. The summed E-state index contributed by atoms with van der Waals surface area (Å²) >= 11 is 5.96. The molecule has 0 unspecified atom stereocenters. The van der Waals surface area contributed by atoms with Gasteiger partial charge in [-0.2, -0.15) is 4.98 Å². The van der Waals surface area contributed by atoms with Crippen LogP contribution in [0.2, 0.25) is 5.02 Å². The maximum absolute atomic E-state index is 12.6. The number of hydrogen-bond acceptors (Lipinski definition) is 6. The van der Waals surface area contributed by atoms with Crippen molar-refractivity contribution in [3.63, 3.8) is 0 Å². The zero-order chi connectivity index (χ0) is 23.4. The highest BCUT2D eigenvalue weighted by atomic mass is 35.5. The molecule has 4 rings (SSSR count). The number of amides is 2. The van der Waals surface area contributed by atoms with Gasteiger partial charge in [-0.05, 0) is 67.8 Å². The molecule has 1 aliphatic heterocycles. The summed E-state index contributed by atoms with van der Waals surface area (Å²) in [5.74, 6) is 1.68. The highest BCUT2D eigenvalue weighted by molar-refractivity contribution is 6.30. The number of nitrogens with one attached hydrogen (secondary N) is 1. The Morgan fingerprint density at radius 1 is 1.18 bits per heavy atom. The van der Waals surface area contributed by atoms with E-state index < -0.39 is 0 Å². The lowest BCUT2D eigenvalue weighted by Crippen LogP contribution is -2.40. The van der Waals surface area contributed by atoms with Gasteiger partial charge in [0.2, 0.25) is 17.6 Å². The normalized spacial score (nSPS) is 14.2. The molecule has 33 heavy (non-hydrogen) atoms. The molecule has 1 fully saturated rings. The number of carbonyl (C=O) groups excluding carboxylic acids is 2. The second kappa shape index (κ2) is 10.0. The summed E-state index contributed by atoms with van der Waals surface area (Å²) in [6, 6.07) is 12.6. The van der Waals surface area contributed by atoms with E-state index in [2.05, 4.69) is 15.5 Å². The first-order valence-electron chi connectivity index (χ1n) is 10.8. The van der Waals surface area contributed by atoms with Crippen molar-refractivity contribution < 1.29 is 18.8 Å². The number of likely N-dealkylation sites (tertiary alicyclic amines) is 1. The lowest BCUT2D eigenvalue weighted by Gasteiger charge is -2.30. The molecule has 0 radical (unpaired) electrons. The van der Waals surface area contributed by atoms with Crippen molar-refractivity contribution in [3.8, 4) is 17.1 Å². The third-order valence-corrected chi connectivity index (χ3v) is 5.83. The Kier molecular flexibility index (Phi) is 6.93. The largest absolute Gasteiger partial charge is 0.483 e. The summed E-state index contributed by atoms with van der Waals surface area (Å²) in [7, 11) is 0. The molecule has 2 heterocycles. The predicted molar refractivity (Wildman–Crippen MR) is 124 cm³/mol. The second-order valence-electron chi connectivity index (χ2n) is 8.07. The van der Waals surface area contributed by atoms with E-state index in [0.29, 0.717) is 41.3 Å². The maximum Gasteiger partial charge on any atom is 0.260 e. The van der Waals surface area contributed by atoms with Gasteiger partial charge in [0.15, 0.2) is 6.61 Å². The number of aryl methyl sites for hydroxylation is 1. The van der Waals surface area contributed by atoms with Gasteiger partial charge in [0.25, 0.3) is 5.91 Å². The Hall–Kier alpha value is -3.39. The molecule has 0 bridgehead atoms. The third kappa shape index (κ3) is 5.70. The fourth-order valence-corrected chi connectivity index (χ4v) is 4.03. The van der Waals surface area contributed by atoms with Gasteiger partial charge in [0, 0.05) is 42.2 Å². The number of carbonyl (C=O) groups is 2. The molecule has 1 N–H and O–H groups in total. The van der Waals surface area contributed by atoms with E-state index >= 15 is 0 Å². The van der Waals surface area contributed by atoms with Crippen molar-refractivity contribution in [2.24, 2.45) is 0 Å². The average molecular weight is 469 g/mol. The molecule has 1 saturated heterocycles. The van der Waals surface area contributed by atoms with Crippen LogP contribution >= 0.6 is 11.6 Å². The van der Waals surface area contributed by atoms with E-state index in [-0.39, 0.29) is 24.3 Å². The van der Waals surface area contributed by atoms with E-state index in [1.165, 1.54) is 6.92 Å². The molecule has 2 aromatic carbocycles. The van der Waals surface area contributed by atoms with Gasteiger partial charge in [-0.15, -0.1) is 0 Å². The van der Waals surface area contributed by atoms with Gasteiger partial charge in [0.05, 0.1) is 0 Å². The van der Waals surface area contributed by atoms with Crippen molar-refractivity contribution >= 4 is 29.1 Å². The number of anilines is 1. The zero-order valence-corrected chi connectivity index (χ0v) is 19.3. The molecule has 0 aliphatic carbocycles. The number of nitrogens with zero attached hydrogens (tertiary/aromatic N) is 3. The van der Waals surface area contributed by atoms with Gasteiger partial charge in [-0.1, -0.05) is 16.8 Å². The van der Waals surface area contributed by atoms with Gasteiger partial charge in [-0.25, -0.2) is 0 Å². The molecule has 0 saturated carbocycles. The van der Waals surface area contributed by atoms with Crippen molar-refractivity contribution in [3.05, 3.63) is 58.9 Å². The van der Waals surface area contributed by atoms with Crippen molar-refractivity contribution in [2.45, 2.75) is 32.6 Å². The highest BCUT2D eigenvalue weighted by Crippen LogP contribution is 2.29. The molecular formula is C24H25ClN4O4. The number of aromatic nitrogens is 2. The van der Waals surface area contributed by atoms with Crippen LogP contribution in [0.1, 0.15) is 37.1 Å². The molecule has 1 aromatic heterocycles. The summed E-state index contributed by atoms with van der Waals surface area (Å²) in [5.41, 5.74) is 2.41. The lowest BCUT2D eigenvalue weighted by atomic mass is 9.97. The number of piperidine rings is 1. The number of benzene rings is 2. The van der Waals surface area contributed by atoms with E-state index in [1.807, 2.05) is 25.1 Å². The van der Waals surface area contributed by atoms with Gasteiger partial charge < -0.3 is 19.5 Å². The topological polar surface area (TPSA) is 97.6 Å². The summed E-state index contributed by atoms with van der Waals surface area (Å²) in [5, 5.41) is 7.47. The van der Waals surface area contributed by atoms with Gasteiger partial charge in [0.1, 0.15) is 5.75 Å². The van der Waals surface area contributed by atoms with E-state index in [1.54, 1.807) is 29.2 Å². The Bertz CT molecular complexity index is 1140. The highest BCUT2D eigenvalue weighted by Gasteiger charge is 2.28. The van der Waals surface area contributed by atoms with Crippen LogP contribution < -0.4 is 10.1 Å². The maximum atomic E-state index is 12.6. The molecular weight excluding hydrogens is 444 g/mol. The van der Waals surface area contributed by atoms with Crippen LogP contribution in [0.25, 0.3) is 11.4 Å².